The Hall–Kier alpha value is -3.37. The SMILES string of the molecule is CN(c1csc(N)n1)[C@@](Cc1ccccc1)(C(N)=O)c1nnc(-c2ccncc2)s1. The average molecular weight is 438 g/mol. The maximum atomic E-state index is 13.0. The van der Waals surface area contributed by atoms with Crippen LogP contribution in [0.3, 0.4) is 0 Å². The van der Waals surface area contributed by atoms with Crippen LogP contribution in [0.15, 0.2) is 60.2 Å². The minimum absolute atomic E-state index is 0.308. The Morgan fingerprint density at radius 2 is 1.87 bits per heavy atom. The van der Waals surface area contributed by atoms with Crippen molar-refractivity contribution in [3.63, 3.8) is 0 Å². The molecule has 30 heavy (non-hydrogen) atoms. The number of thiazole rings is 1. The Kier molecular flexibility index (Phi) is 5.42. The van der Waals surface area contributed by atoms with Gasteiger partial charge in [0.2, 0.25) is 0 Å². The van der Waals surface area contributed by atoms with E-state index in [0.29, 0.717) is 27.4 Å². The van der Waals surface area contributed by atoms with Crippen LogP contribution in [0.1, 0.15) is 10.6 Å². The topological polar surface area (TPSA) is 124 Å². The van der Waals surface area contributed by atoms with Crippen LogP contribution in [0.5, 0.6) is 0 Å². The molecule has 0 aliphatic carbocycles. The van der Waals surface area contributed by atoms with Gasteiger partial charge in [-0.05, 0) is 17.7 Å². The summed E-state index contributed by atoms with van der Waals surface area (Å²) in [5.74, 6) is 0.00532. The highest BCUT2D eigenvalue weighted by atomic mass is 32.1. The van der Waals surface area contributed by atoms with Crippen molar-refractivity contribution in [1.29, 1.82) is 0 Å². The second kappa shape index (κ2) is 8.17. The van der Waals surface area contributed by atoms with Gasteiger partial charge in [-0.15, -0.1) is 21.5 Å². The van der Waals surface area contributed by atoms with E-state index in [-0.39, 0.29) is 0 Å². The van der Waals surface area contributed by atoms with Crippen molar-refractivity contribution in [1.82, 2.24) is 20.2 Å². The lowest BCUT2D eigenvalue weighted by atomic mass is 9.89. The highest BCUT2D eigenvalue weighted by Gasteiger charge is 2.47. The Labute approximate surface area is 181 Å². The fourth-order valence-electron chi connectivity index (χ4n) is 3.22. The number of aromatic nitrogens is 4. The van der Waals surface area contributed by atoms with Gasteiger partial charge >= 0.3 is 0 Å². The lowest BCUT2D eigenvalue weighted by Crippen LogP contribution is -2.55. The van der Waals surface area contributed by atoms with E-state index in [1.165, 1.54) is 22.7 Å². The standard InChI is InChI=1S/C20H19N7OS2/c1-27(15-12-29-19(22)24-15)20(17(21)28,11-13-5-3-2-4-6-13)18-26-25-16(30-18)14-7-9-23-10-8-14/h2-10,12H,11H2,1H3,(H2,21,28)(H2,22,24)/t20-/m0/s1. The molecule has 0 saturated carbocycles. The first kappa shape index (κ1) is 19.9. The summed E-state index contributed by atoms with van der Waals surface area (Å²) >= 11 is 2.62. The van der Waals surface area contributed by atoms with E-state index < -0.39 is 11.4 Å². The molecule has 4 aromatic rings. The molecular formula is C20H19N7OS2. The molecule has 10 heteroatoms. The molecule has 0 saturated heterocycles. The lowest BCUT2D eigenvalue weighted by molar-refractivity contribution is -0.123. The molecule has 8 nitrogen and oxygen atoms in total. The Morgan fingerprint density at radius 1 is 1.13 bits per heavy atom. The van der Waals surface area contributed by atoms with Crippen molar-refractivity contribution in [2.45, 2.75) is 12.0 Å². The molecule has 0 aliphatic rings. The zero-order valence-corrected chi connectivity index (χ0v) is 17.7. The van der Waals surface area contributed by atoms with Crippen molar-refractivity contribution in [2.75, 3.05) is 17.7 Å². The van der Waals surface area contributed by atoms with Gasteiger partial charge in [-0.25, -0.2) is 4.98 Å². The molecule has 1 atom stereocenters. The second-order valence-corrected chi connectivity index (χ2v) is 8.51. The normalized spacial score (nSPS) is 13.0. The molecule has 1 amide bonds. The summed E-state index contributed by atoms with van der Waals surface area (Å²) in [6.07, 6.45) is 3.68. The van der Waals surface area contributed by atoms with Crippen molar-refractivity contribution in [3.8, 4) is 10.6 Å². The number of amides is 1. The third kappa shape index (κ3) is 3.62. The number of carbonyl (C=O) groups excluding carboxylic acids is 1. The van der Waals surface area contributed by atoms with Crippen LogP contribution in [-0.4, -0.2) is 33.1 Å². The maximum Gasteiger partial charge on any atom is 0.250 e. The number of hydrogen-bond donors (Lipinski definition) is 2. The van der Waals surface area contributed by atoms with Crippen LogP contribution in [0, 0.1) is 0 Å². The number of hydrogen-bond acceptors (Lipinski definition) is 9. The summed E-state index contributed by atoms with van der Waals surface area (Å²) in [7, 11) is 1.77. The summed E-state index contributed by atoms with van der Waals surface area (Å²) < 4.78 is 0. The Morgan fingerprint density at radius 3 is 2.50 bits per heavy atom. The van der Waals surface area contributed by atoms with Crippen molar-refractivity contribution >= 4 is 39.5 Å². The minimum Gasteiger partial charge on any atom is -0.375 e. The number of likely N-dealkylation sites (N-methyl/N-ethyl adjacent to an activating group) is 1. The molecule has 3 aromatic heterocycles. The number of nitrogens with two attached hydrogens (primary N) is 2. The largest absolute Gasteiger partial charge is 0.375 e. The van der Waals surface area contributed by atoms with Gasteiger partial charge in [0.1, 0.15) is 10.8 Å². The van der Waals surface area contributed by atoms with Gasteiger partial charge in [0, 0.05) is 36.8 Å². The predicted octanol–water partition coefficient (Wildman–Crippen LogP) is 2.70. The first-order chi connectivity index (χ1) is 14.5. The maximum absolute atomic E-state index is 13.0. The fraction of sp³-hybridized carbons (Fsp3) is 0.150. The Bertz CT molecular complexity index is 1150. The fourth-order valence-corrected chi connectivity index (χ4v) is 4.88. The van der Waals surface area contributed by atoms with Crippen molar-refractivity contribution < 1.29 is 4.79 Å². The van der Waals surface area contributed by atoms with E-state index in [1.54, 1.807) is 29.7 Å². The van der Waals surface area contributed by atoms with E-state index in [4.69, 9.17) is 11.5 Å². The van der Waals surface area contributed by atoms with E-state index >= 15 is 0 Å². The molecule has 0 unspecified atom stereocenters. The third-order valence-electron chi connectivity index (χ3n) is 4.84. The molecule has 152 valence electrons. The molecule has 4 N–H and O–H groups in total. The number of pyridine rings is 1. The van der Waals surface area contributed by atoms with Crippen molar-refractivity contribution in [3.05, 3.63) is 70.8 Å². The molecule has 0 aliphatic heterocycles. The summed E-state index contributed by atoms with van der Waals surface area (Å²) in [6.45, 7) is 0. The molecule has 0 spiro atoms. The van der Waals surface area contributed by atoms with Gasteiger partial charge < -0.3 is 16.4 Å². The highest BCUT2D eigenvalue weighted by Crippen LogP contribution is 2.39. The predicted molar refractivity (Wildman–Crippen MR) is 119 cm³/mol. The molecule has 1 aromatic carbocycles. The van der Waals surface area contributed by atoms with Crippen molar-refractivity contribution in [2.24, 2.45) is 5.73 Å². The van der Waals surface area contributed by atoms with E-state index in [2.05, 4.69) is 20.2 Å². The summed E-state index contributed by atoms with van der Waals surface area (Å²) in [6, 6.07) is 13.4. The first-order valence-electron chi connectivity index (χ1n) is 9.04. The number of anilines is 2. The minimum atomic E-state index is -1.29. The molecule has 3 heterocycles. The third-order valence-corrected chi connectivity index (χ3v) is 6.63. The summed E-state index contributed by atoms with van der Waals surface area (Å²) in [5.41, 5.74) is 12.4. The highest BCUT2D eigenvalue weighted by molar-refractivity contribution is 7.15. The van der Waals surface area contributed by atoms with Gasteiger partial charge in [0.05, 0.1) is 0 Å². The van der Waals surface area contributed by atoms with Gasteiger partial charge in [0.15, 0.2) is 15.7 Å². The Balaban J connectivity index is 1.86. The molecular weight excluding hydrogens is 418 g/mol. The number of rotatable bonds is 7. The number of carbonyl (C=O) groups is 1. The number of benzene rings is 1. The molecule has 0 radical (unpaired) electrons. The first-order valence-corrected chi connectivity index (χ1v) is 10.7. The van der Waals surface area contributed by atoms with Crippen LogP contribution >= 0.6 is 22.7 Å². The van der Waals surface area contributed by atoms with Gasteiger partial charge in [-0.2, -0.15) is 0 Å². The van der Waals surface area contributed by atoms with Crippen LogP contribution in [0.2, 0.25) is 0 Å². The zero-order valence-electron chi connectivity index (χ0n) is 16.1. The summed E-state index contributed by atoms with van der Waals surface area (Å²) in [4.78, 5) is 23.2. The van der Waals surface area contributed by atoms with Crippen LogP contribution in [-0.2, 0) is 16.8 Å². The second-order valence-electron chi connectivity index (χ2n) is 6.64. The van der Waals surface area contributed by atoms with Gasteiger partial charge in [0.25, 0.3) is 5.91 Å². The van der Waals surface area contributed by atoms with E-state index in [0.717, 1.165) is 11.1 Å². The van der Waals surface area contributed by atoms with Gasteiger partial charge in [-0.3, -0.25) is 9.78 Å². The van der Waals surface area contributed by atoms with Crippen LogP contribution < -0.4 is 16.4 Å². The van der Waals surface area contributed by atoms with Crippen LogP contribution in [0.25, 0.3) is 10.6 Å². The molecule has 0 fully saturated rings. The van der Waals surface area contributed by atoms with E-state index in [1.807, 2.05) is 42.5 Å². The number of nitrogen functional groups attached to an aromatic ring is 1. The van der Waals surface area contributed by atoms with Gasteiger partial charge in [-0.1, -0.05) is 41.7 Å². The zero-order chi connectivity index (χ0) is 21.1. The average Bonchev–Trinajstić information content (AvgIpc) is 3.42. The summed E-state index contributed by atoms with van der Waals surface area (Å²) in [5, 5.41) is 12.1. The smallest absolute Gasteiger partial charge is 0.250 e. The lowest BCUT2D eigenvalue weighted by Gasteiger charge is -2.37. The number of nitrogens with zero attached hydrogens (tertiary/aromatic N) is 5. The number of primary amides is 1. The van der Waals surface area contributed by atoms with E-state index in [9.17, 15) is 4.79 Å². The quantitative estimate of drug-likeness (QED) is 0.455. The monoisotopic (exact) mass is 437 g/mol. The molecule has 0 bridgehead atoms. The van der Waals surface area contributed by atoms with Crippen LogP contribution in [0.4, 0.5) is 10.9 Å². The molecule has 4 rings (SSSR count).